The predicted molar refractivity (Wildman–Crippen MR) is 237 cm³/mol. The maximum absolute atomic E-state index is 11.5. The molecule has 0 aliphatic carbocycles. The molecule has 3 atom stereocenters. The second-order valence-corrected chi connectivity index (χ2v) is 19.0. The number of carboxylic acids is 3. The Morgan fingerprint density at radius 3 is 1.39 bits per heavy atom. The number of rotatable bonds is 11. The highest BCUT2D eigenvalue weighted by Gasteiger charge is 2.30. The number of aromatic nitrogens is 3. The average Bonchev–Trinajstić information content (AvgIpc) is 4.13. The molecule has 0 unspecified atom stereocenters. The molecule has 0 radical (unpaired) electrons. The van der Waals surface area contributed by atoms with Crippen molar-refractivity contribution in [3.8, 4) is 17.2 Å². The third kappa shape index (κ3) is 11.2. The minimum Gasteiger partial charge on any atom is -0.542 e. The van der Waals surface area contributed by atoms with E-state index < -0.39 is 36.2 Å². The first-order valence-corrected chi connectivity index (χ1v) is 23.4. The zero-order valence-corrected chi connectivity index (χ0v) is 37.3. The molecular formula is C37H29F3N8O10S6. The average molecular weight is 995 g/mol. The van der Waals surface area contributed by atoms with Crippen LogP contribution in [0.5, 0.6) is 17.2 Å². The van der Waals surface area contributed by atoms with Gasteiger partial charge >= 0.3 is 18.1 Å². The van der Waals surface area contributed by atoms with E-state index in [0.29, 0.717) is 48.9 Å². The van der Waals surface area contributed by atoms with Crippen molar-refractivity contribution in [2.75, 3.05) is 31.2 Å². The second-order valence-electron chi connectivity index (χ2n) is 12.8. The molecule has 6 aromatic rings. The van der Waals surface area contributed by atoms with Crippen LogP contribution in [0.1, 0.15) is 15.0 Å². The minimum atomic E-state index is -5.19. The van der Waals surface area contributed by atoms with Crippen LogP contribution in [0.15, 0.2) is 69.6 Å². The maximum Gasteiger partial charge on any atom is 0.430 e. The van der Waals surface area contributed by atoms with Gasteiger partial charge in [-0.05, 0) is 54.6 Å². The molecule has 3 aliphatic heterocycles. The Morgan fingerprint density at radius 1 is 0.688 bits per heavy atom. The third-order valence-corrected chi connectivity index (χ3v) is 15.2. The number of nitrogens with one attached hydrogen (secondary N) is 1. The van der Waals surface area contributed by atoms with Crippen LogP contribution < -0.4 is 30.6 Å². The van der Waals surface area contributed by atoms with Crippen LogP contribution in [0.3, 0.4) is 0 Å². The fraction of sp³-hybridized carbons (Fsp3) is 0.243. The molecule has 6 heterocycles. The van der Waals surface area contributed by atoms with Gasteiger partial charge in [-0.2, -0.15) is 13.2 Å². The molecule has 3 aromatic carbocycles. The lowest BCUT2D eigenvalue weighted by atomic mass is 10.3. The number of thioether (sulfide) groups is 3. The van der Waals surface area contributed by atoms with Crippen molar-refractivity contribution in [3.05, 3.63) is 69.6 Å². The van der Waals surface area contributed by atoms with E-state index in [2.05, 4.69) is 41.2 Å². The summed E-state index contributed by atoms with van der Waals surface area (Å²) in [6.45, 7) is 0.0000384. The number of thiazole rings is 3. The Balaban J connectivity index is 0.000000189. The minimum absolute atomic E-state index is 0.0000384. The number of quaternary nitrogens is 1. The summed E-state index contributed by atoms with van der Waals surface area (Å²) in [5.74, 6) is 1.88. The van der Waals surface area contributed by atoms with E-state index >= 15 is 0 Å². The van der Waals surface area contributed by atoms with Gasteiger partial charge < -0.3 is 34.3 Å². The van der Waals surface area contributed by atoms with Crippen LogP contribution in [0.4, 0.5) is 13.2 Å². The summed E-state index contributed by atoms with van der Waals surface area (Å²) in [5, 5.41) is 31.5. The first kappa shape index (κ1) is 46.4. The Kier molecular flexibility index (Phi) is 14.6. The van der Waals surface area contributed by atoms with Crippen LogP contribution in [0.25, 0.3) is 30.6 Å². The molecule has 0 spiro atoms. The molecule has 9 rings (SSSR count). The molecule has 1 amide bonds. The number of aliphatic imine (C=N–C) groups is 3. The number of aliphatic carboxylic acids is 3. The summed E-state index contributed by atoms with van der Waals surface area (Å²) in [6.07, 6.45) is -5.19. The van der Waals surface area contributed by atoms with Gasteiger partial charge in [0.25, 0.3) is 5.91 Å². The van der Waals surface area contributed by atoms with Gasteiger partial charge in [0.15, 0.2) is 12.1 Å². The summed E-state index contributed by atoms with van der Waals surface area (Å²) < 4.78 is 51.2. The quantitative estimate of drug-likeness (QED) is 0.106. The van der Waals surface area contributed by atoms with Crippen LogP contribution in [0.2, 0.25) is 0 Å². The van der Waals surface area contributed by atoms with Gasteiger partial charge in [0.1, 0.15) is 59.4 Å². The SMILES string of the molecule is COc1ccc2nc(C3=N[C@@H](C(=O)N[NH3+])CS3)sc2c1.O=C(O)[C@@H]1CSC(c2nc3ccc(OCOc4ccc5nc(C6=N[C@@H](C(=O)O)CS6)sc5c4)cc3s2)=N1.O=C([O-])C(F)(F)F. The molecule has 334 valence electrons. The van der Waals surface area contributed by atoms with Crippen LogP contribution in [-0.4, -0.2) is 120 Å². The molecule has 3 aliphatic rings. The van der Waals surface area contributed by atoms with Gasteiger partial charge in [0.05, 0.1) is 37.8 Å². The number of nitrogens with zero attached hydrogens (tertiary/aromatic N) is 6. The van der Waals surface area contributed by atoms with Gasteiger partial charge in [0.2, 0.25) is 6.79 Å². The molecule has 0 saturated heterocycles. The summed E-state index contributed by atoms with van der Waals surface area (Å²) in [4.78, 5) is 69.2. The van der Waals surface area contributed by atoms with Crippen LogP contribution in [0, 0.1) is 0 Å². The zero-order chi connectivity index (χ0) is 45.7. The number of alkyl halides is 3. The van der Waals surface area contributed by atoms with Crippen molar-refractivity contribution in [2.24, 2.45) is 15.0 Å². The van der Waals surface area contributed by atoms with Crippen molar-refractivity contribution in [3.63, 3.8) is 0 Å². The number of carbonyl (C=O) groups excluding carboxylic acids is 2. The highest BCUT2D eigenvalue weighted by molar-refractivity contribution is 8.15. The van der Waals surface area contributed by atoms with Gasteiger partial charge in [-0.1, -0.05) is 0 Å². The standard InChI is InChI=1S/C23H16N4O6S4.C12H12N4O2S2.C2HF3O2/c28-22(29)14-7-34-18(26-14)20-24-12-3-1-10(5-16(12)36-20)32-9-33-11-2-4-13-17(6-11)37-21(25-13)19-27-15(8-35-19)23(30)31;1-18-6-2-3-7-9(4-6)20-12(14-7)11-15-8(5-19-11)10(17)16-13;3-2(4,5)1(6)7/h1-6,14-15H,7-9H2,(H,28,29)(H,30,31);2-4,8H,5,13H2,1H3,(H,16,17);(H,6,7)/t14-,15+;8-;/m.1./s1. The Morgan fingerprint density at radius 2 is 1.05 bits per heavy atom. The summed E-state index contributed by atoms with van der Waals surface area (Å²) in [6, 6.07) is 15.0. The topological polar surface area (TPSA) is 275 Å². The van der Waals surface area contributed by atoms with Gasteiger partial charge in [-0.3, -0.25) is 25.6 Å². The number of hydrogen-bond donors (Lipinski definition) is 4. The molecule has 0 fully saturated rings. The summed E-state index contributed by atoms with van der Waals surface area (Å²) in [5.41, 5.74) is 4.88. The Bertz CT molecular complexity index is 2750. The molecule has 0 saturated carbocycles. The number of halogens is 3. The molecule has 27 heteroatoms. The summed E-state index contributed by atoms with van der Waals surface area (Å²) in [7, 11) is 1.64. The first-order chi connectivity index (χ1) is 30.6. The van der Waals surface area contributed by atoms with E-state index in [1.807, 2.05) is 54.6 Å². The van der Waals surface area contributed by atoms with Crippen molar-refractivity contribution >= 4 is 139 Å². The predicted octanol–water partition coefficient (Wildman–Crippen LogP) is 3.95. The normalized spacial score (nSPS) is 18.0. The van der Waals surface area contributed by atoms with Crippen molar-refractivity contribution in [1.29, 1.82) is 0 Å². The molecule has 6 N–H and O–H groups in total. The number of methoxy groups -OCH3 is 1. The lowest BCUT2D eigenvalue weighted by Gasteiger charge is -2.08. The lowest BCUT2D eigenvalue weighted by molar-refractivity contribution is -0.427. The van der Waals surface area contributed by atoms with Gasteiger partial charge in [-0.25, -0.2) is 30.0 Å². The highest BCUT2D eigenvalue weighted by atomic mass is 32.2. The maximum atomic E-state index is 11.5. The van der Waals surface area contributed by atoms with E-state index in [0.717, 1.165) is 46.5 Å². The highest BCUT2D eigenvalue weighted by Crippen LogP contribution is 2.35. The van der Waals surface area contributed by atoms with Crippen molar-refractivity contribution < 1.29 is 67.7 Å². The van der Waals surface area contributed by atoms with Crippen molar-refractivity contribution in [1.82, 2.24) is 20.4 Å². The fourth-order valence-electron chi connectivity index (χ4n) is 5.44. The monoisotopic (exact) mass is 994 g/mol. The number of hydrogen-bond acceptors (Lipinski definition) is 20. The van der Waals surface area contributed by atoms with E-state index in [1.165, 1.54) is 46.2 Å². The summed E-state index contributed by atoms with van der Waals surface area (Å²) >= 11 is 8.80. The number of carboxylic acid groups (broad SMARTS) is 3. The zero-order valence-electron chi connectivity index (χ0n) is 32.4. The fourth-order valence-corrected chi connectivity index (χ4v) is 11.7. The van der Waals surface area contributed by atoms with E-state index in [4.69, 9.17) is 34.3 Å². The van der Waals surface area contributed by atoms with Crippen LogP contribution in [-0.2, 0) is 19.2 Å². The van der Waals surface area contributed by atoms with E-state index in [9.17, 15) is 27.6 Å². The number of amides is 1. The lowest BCUT2D eigenvalue weighted by Crippen LogP contribution is -2.69. The molecule has 18 nitrogen and oxygen atoms in total. The Labute approximate surface area is 382 Å². The van der Waals surface area contributed by atoms with Crippen LogP contribution >= 0.6 is 69.3 Å². The second kappa shape index (κ2) is 20.1. The first-order valence-electron chi connectivity index (χ1n) is 18.0. The Hall–Kier alpha value is -5.58. The molecule has 64 heavy (non-hydrogen) atoms. The third-order valence-electron chi connectivity index (χ3n) is 8.55. The number of carbonyl (C=O) groups is 4. The number of benzene rings is 3. The molecule has 3 aromatic heterocycles. The van der Waals surface area contributed by atoms with E-state index in [-0.39, 0.29) is 18.7 Å². The molecule has 0 bridgehead atoms. The number of ether oxygens (including phenoxy) is 3. The van der Waals surface area contributed by atoms with Gasteiger partial charge in [0, 0.05) is 17.3 Å². The van der Waals surface area contributed by atoms with Gasteiger partial charge in [-0.15, -0.1) is 69.3 Å². The van der Waals surface area contributed by atoms with E-state index in [1.54, 1.807) is 30.2 Å². The largest absolute Gasteiger partial charge is 0.542 e. The number of fused-ring (bicyclic) bond motifs is 3. The molecular weight excluding hydrogens is 966 g/mol. The smallest absolute Gasteiger partial charge is 0.430 e. The van der Waals surface area contributed by atoms with Crippen molar-refractivity contribution in [2.45, 2.75) is 24.3 Å².